The molecular weight excluding hydrogens is 237 g/mol. The van der Waals surface area contributed by atoms with Gasteiger partial charge in [0.05, 0.1) is 5.56 Å². The number of nitrogens with zero attached hydrogens (tertiary/aromatic N) is 1. The summed E-state index contributed by atoms with van der Waals surface area (Å²) in [6.45, 7) is 1.94. The van der Waals surface area contributed by atoms with Gasteiger partial charge in [-0.3, -0.25) is 4.79 Å². The van der Waals surface area contributed by atoms with Crippen molar-refractivity contribution in [3.05, 3.63) is 35.1 Å². The number of amides is 1. The molecule has 1 aliphatic heterocycles. The van der Waals surface area contributed by atoms with Crippen molar-refractivity contribution in [3.63, 3.8) is 0 Å². The molecule has 0 unspecified atom stereocenters. The Kier molecular flexibility index (Phi) is 3.32. The summed E-state index contributed by atoms with van der Waals surface area (Å²) >= 11 is 0. The first kappa shape index (κ1) is 12.5. The molecule has 0 bridgehead atoms. The molecule has 0 aliphatic carbocycles. The molecule has 1 aliphatic rings. The number of carbonyl (C=O) groups is 2. The van der Waals surface area contributed by atoms with Gasteiger partial charge in [0.25, 0.3) is 5.91 Å². The van der Waals surface area contributed by atoms with Crippen LogP contribution in [0, 0.1) is 12.7 Å². The van der Waals surface area contributed by atoms with Crippen molar-refractivity contribution in [1.82, 2.24) is 4.90 Å². The quantitative estimate of drug-likeness (QED) is 0.872. The van der Waals surface area contributed by atoms with Crippen LogP contribution in [0.2, 0.25) is 0 Å². The summed E-state index contributed by atoms with van der Waals surface area (Å²) in [7, 11) is 0. The van der Waals surface area contributed by atoms with Crippen LogP contribution in [-0.4, -0.2) is 34.5 Å². The molecule has 1 fully saturated rings. The van der Waals surface area contributed by atoms with Crippen molar-refractivity contribution < 1.29 is 19.1 Å². The number of aliphatic carboxylic acids is 1. The Morgan fingerprint density at radius 3 is 2.83 bits per heavy atom. The van der Waals surface area contributed by atoms with E-state index in [4.69, 9.17) is 5.11 Å². The van der Waals surface area contributed by atoms with Gasteiger partial charge < -0.3 is 10.0 Å². The molecule has 1 saturated heterocycles. The van der Waals surface area contributed by atoms with E-state index in [0.29, 0.717) is 24.9 Å². The molecule has 1 aromatic carbocycles. The van der Waals surface area contributed by atoms with Crippen LogP contribution in [0.1, 0.15) is 28.8 Å². The molecule has 1 N–H and O–H groups in total. The molecule has 4 nitrogen and oxygen atoms in total. The number of hydrogen-bond donors (Lipinski definition) is 1. The highest BCUT2D eigenvalue weighted by Gasteiger charge is 2.35. The second-order valence-electron chi connectivity index (χ2n) is 4.43. The first-order valence-electron chi connectivity index (χ1n) is 5.81. The lowest BCUT2D eigenvalue weighted by atomic mass is 10.1. The molecule has 96 valence electrons. The van der Waals surface area contributed by atoms with Crippen LogP contribution in [0.15, 0.2) is 18.2 Å². The Labute approximate surface area is 104 Å². The topological polar surface area (TPSA) is 57.6 Å². The van der Waals surface area contributed by atoms with Gasteiger partial charge in [-0.2, -0.15) is 0 Å². The van der Waals surface area contributed by atoms with Crippen LogP contribution in [0.3, 0.4) is 0 Å². The van der Waals surface area contributed by atoms with Gasteiger partial charge in [-0.25, -0.2) is 9.18 Å². The van der Waals surface area contributed by atoms with Gasteiger partial charge in [0.1, 0.15) is 11.9 Å². The molecule has 0 spiro atoms. The highest BCUT2D eigenvalue weighted by Crippen LogP contribution is 2.22. The minimum atomic E-state index is -1.03. The highest BCUT2D eigenvalue weighted by molar-refractivity contribution is 5.97. The lowest BCUT2D eigenvalue weighted by molar-refractivity contribution is -0.141. The number of carboxylic acid groups (broad SMARTS) is 1. The fourth-order valence-corrected chi connectivity index (χ4v) is 2.23. The average Bonchev–Trinajstić information content (AvgIpc) is 2.81. The Hall–Kier alpha value is -1.91. The van der Waals surface area contributed by atoms with Crippen molar-refractivity contribution in [2.75, 3.05) is 6.54 Å². The zero-order valence-electron chi connectivity index (χ0n) is 10.0. The minimum Gasteiger partial charge on any atom is -0.480 e. The maximum Gasteiger partial charge on any atom is 0.326 e. The third-order valence-electron chi connectivity index (χ3n) is 3.22. The summed E-state index contributed by atoms with van der Waals surface area (Å²) in [5, 5.41) is 9.02. The van der Waals surface area contributed by atoms with Gasteiger partial charge in [0.2, 0.25) is 0 Å². The Morgan fingerprint density at radius 2 is 2.17 bits per heavy atom. The maximum atomic E-state index is 13.8. The molecule has 18 heavy (non-hydrogen) atoms. The molecule has 5 heteroatoms. The number of aryl methyl sites for hydroxylation is 1. The fraction of sp³-hybridized carbons (Fsp3) is 0.385. The van der Waals surface area contributed by atoms with Gasteiger partial charge in [0.15, 0.2) is 0 Å². The third kappa shape index (κ3) is 2.08. The zero-order chi connectivity index (χ0) is 13.3. The van der Waals surface area contributed by atoms with Crippen LogP contribution in [0.5, 0.6) is 0 Å². The summed E-state index contributed by atoms with van der Waals surface area (Å²) in [5.74, 6) is -2.14. The van der Waals surface area contributed by atoms with E-state index in [1.54, 1.807) is 19.1 Å². The second kappa shape index (κ2) is 4.76. The minimum absolute atomic E-state index is 0.0526. The summed E-state index contributed by atoms with van der Waals surface area (Å²) in [6, 6.07) is 3.72. The number of halogens is 1. The first-order chi connectivity index (χ1) is 8.52. The molecule has 1 aromatic rings. The van der Waals surface area contributed by atoms with Gasteiger partial charge in [0, 0.05) is 6.54 Å². The predicted molar refractivity (Wildman–Crippen MR) is 62.8 cm³/mol. The standard InChI is InChI=1S/C13H14FNO3/c1-8-4-2-5-9(11(8)14)12(16)15-7-3-6-10(15)13(17)18/h2,4-5,10H,3,6-7H2,1H3,(H,17,18)/t10-/m1/s1. The molecule has 2 rings (SSSR count). The van der Waals surface area contributed by atoms with Gasteiger partial charge in [-0.05, 0) is 31.4 Å². The van der Waals surface area contributed by atoms with Crippen LogP contribution in [0.25, 0.3) is 0 Å². The van der Waals surface area contributed by atoms with Gasteiger partial charge >= 0.3 is 5.97 Å². The first-order valence-corrected chi connectivity index (χ1v) is 5.81. The van der Waals surface area contributed by atoms with E-state index < -0.39 is 23.7 Å². The predicted octanol–water partition coefficient (Wildman–Crippen LogP) is 1.82. The van der Waals surface area contributed by atoms with Gasteiger partial charge in [-0.1, -0.05) is 12.1 Å². The summed E-state index contributed by atoms with van der Waals surface area (Å²) < 4.78 is 13.8. The van der Waals surface area contributed by atoms with Crippen molar-refractivity contribution >= 4 is 11.9 Å². The number of hydrogen-bond acceptors (Lipinski definition) is 2. The van der Waals surface area contributed by atoms with E-state index in [2.05, 4.69) is 0 Å². The highest BCUT2D eigenvalue weighted by atomic mass is 19.1. The maximum absolute atomic E-state index is 13.8. The normalized spacial score (nSPS) is 19.0. The SMILES string of the molecule is Cc1cccc(C(=O)N2CCC[C@@H]2C(=O)O)c1F. The Morgan fingerprint density at radius 1 is 1.44 bits per heavy atom. The number of rotatable bonds is 2. The van der Waals surface area contributed by atoms with E-state index in [1.807, 2.05) is 0 Å². The monoisotopic (exact) mass is 251 g/mol. The van der Waals surface area contributed by atoms with Crippen LogP contribution < -0.4 is 0 Å². The van der Waals surface area contributed by atoms with Crippen molar-refractivity contribution in [3.8, 4) is 0 Å². The average molecular weight is 251 g/mol. The van der Waals surface area contributed by atoms with Crippen LogP contribution in [-0.2, 0) is 4.79 Å². The third-order valence-corrected chi connectivity index (χ3v) is 3.22. The molecular formula is C13H14FNO3. The number of benzene rings is 1. The molecule has 1 atom stereocenters. The Balaban J connectivity index is 2.31. The number of likely N-dealkylation sites (tertiary alicyclic amines) is 1. The van der Waals surface area contributed by atoms with Crippen molar-refractivity contribution in [2.24, 2.45) is 0 Å². The lowest BCUT2D eigenvalue weighted by Gasteiger charge is -2.21. The summed E-state index contributed by atoms with van der Waals surface area (Å²) in [4.78, 5) is 24.4. The van der Waals surface area contributed by atoms with Crippen LogP contribution >= 0.6 is 0 Å². The van der Waals surface area contributed by atoms with E-state index >= 15 is 0 Å². The summed E-state index contributed by atoms with van der Waals surface area (Å²) in [5.41, 5.74) is 0.329. The smallest absolute Gasteiger partial charge is 0.326 e. The van der Waals surface area contributed by atoms with Gasteiger partial charge in [-0.15, -0.1) is 0 Å². The van der Waals surface area contributed by atoms with E-state index in [9.17, 15) is 14.0 Å². The molecule has 1 amide bonds. The second-order valence-corrected chi connectivity index (χ2v) is 4.43. The van der Waals surface area contributed by atoms with E-state index in [-0.39, 0.29) is 5.56 Å². The molecule has 0 radical (unpaired) electrons. The van der Waals surface area contributed by atoms with Crippen molar-refractivity contribution in [1.29, 1.82) is 0 Å². The fourth-order valence-electron chi connectivity index (χ4n) is 2.23. The molecule has 1 heterocycles. The van der Waals surface area contributed by atoms with E-state index in [0.717, 1.165) is 0 Å². The van der Waals surface area contributed by atoms with Crippen molar-refractivity contribution in [2.45, 2.75) is 25.8 Å². The van der Waals surface area contributed by atoms with E-state index in [1.165, 1.54) is 11.0 Å². The number of carboxylic acids is 1. The molecule has 0 saturated carbocycles. The largest absolute Gasteiger partial charge is 0.480 e. The zero-order valence-corrected chi connectivity index (χ0v) is 10.0. The lowest BCUT2D eigenvalue weighted by Crippen LogP contribution is -2.40. The Bertz CT molecular complexity index is 501. The summed E-state index contributed by atoms with van der Waals surface area (Å²) in [6.07, 6.45) is 1.06. The number of carbonyl (C=O) groups excluding carboxylic acids is 1. The molecule has 0 aromatic heterocycles. The van der Waals surface area contributed by atoms with Crippen LogP contribution in [0.4, 0.5) is 4.39 Å².